The lowest BCUT2D eigenvalue weighted by atomic mass is 9.77. The first kappa shape index (κ1) is 17.5. The smallest absolute Gasteiger partial charge is 0.411 e. The van der Waals surface area contributed by atoms with Crippen LogP contribution in [-0.4, -0.2) is 24.3 Å². The fourth-order valence-corrected chi connectivity index (χ4v) is 3.23. The van der Waals surface area contributed by atoms with Gasteiger partial charge in [-0.2, -0.15) is 5.10 Å². The van der Waals surface area contributed by atoms with Crippen LogP contribution in [0.25, 0.3) is 0 Å². The summed E-state index contributed by atoms with van der Waals surface area (Å²) >= 11 is 0. The minimum Gasteiger partial charge on any atom is -0.449 e. The molecule has 134 valence electrons. The Morgan fingerprint density at radius 2 is 2.08 bits per heavy atom. The normalized spacial score (nSPS) is 21.6. The zero-order valence-electron chi connectivity index (χ0n) is 14.7. The van der Waals surface area contributed by atoms with Gasteiger partial charge in [0.15, 0.2) is 0 Å². The van der Waals surface area contributed by atoms with E-state index in [4.69, 9.17) is 4.74 Å². The highest BCUT2D eigenvalue weighted by atomic mass is 16.5. The van der Waals surface area contributed by atoms with Crippen molar-refractivity contribution in [2.75, 3.05) is 11.9 Å². The number of hydrogen-bond acceptors (Lipinski definition) is 4. The van der Waals surface area contributed by atoms with Crippen molar-refractivity contribution in [3.05, 3.63) is 29.8 Å². The topological polar surface area (TPSA) is 79.8 Å². The Balaban J connectivity index is 1.52. The minimum atomic E-state index is -0.422. The lowest BCUT2D eigenvalue weighted by Gasteiger charge is -2.30. The molecule has 1 aliphatic carbocycles. The second-order valence-electron chi connectivity index (χ2n) is 7.11. The predicted octanol–water partition coefficient (Wildman–Crippen LogP) is 3.53. The van der Waals surface area contributed by atoms with E-state index in [2.05, 4.69) is 22.8 Å². The van der Waals surface area contributed by atoms with E-state index in [-0.39, 0.29) is 11.8 Å². The first-order valence-corrected chi connectivity index (χ1v) is 8.93. The molecule has 2 aliphatic rings. The largest absolute Gasteiger partial charge is 0.449 e. The van der Waals surface area contributed by atoms with Gasteiger partial charge in [0, 0.05) is 18.0 Å². The molecular formula is C19H25N3O3. The Hall–Kier alpha value is -2.37. The van der Waals surface area contributed by atoms with Gasteiger partial charge in [-0.3, -0.25) is 10.1 Å². The molecule has 1 heterocycles. The van der Waals surface area contributed by atoms with Crippen LogP contribution in [0, 0.1) is 17.8 Å². The number of ether oxygens (including phenoxy) is 1. The molecule has 1 aliphatic heterocycles. The average molecular weight is 343 g/mol. The summed E-state index contributed by atoms with van der Waals surface area (Å²) in [6.45, 7) is 4.57. The van der Waals surface area contributed by atoms with Crippen molar-refractivity contribution in [1.82, 2.24) is 5.43 Å². The van der Waals surface area contributed by atoms with Crippen LogP contribution < -0.4 is 10.7 Å². The fourth-order valence-electron chi connectivity index (χ4n) is 3.23. The van der Waals surface area contributed by atoms with Gasteiger partial charge in [-0.25, -0.2) is 10.2 Å². The van der Waals surface area contributed by atoms with Crippen LogP contribution in [-0.2, 0) is 9.53 Å². The Bertz CT molecular complexity index is 665. The first-order chi connectivity index (χ1) is 12.0. The number of carbonyl (C=O) groups is 2. The van der Waals surface area contributed by atoms with E-state index in [9.17, 15) is 9.59 Å². The van der Waals surface area contributed by atoms with Gasteiger partial charge in [0.2, 0.25) is 5.91 Å². The summed E-state index contributed by atoms with van der Waals surface area (Å²) in [7, 11) is 0. The Morgan fingerprint density at radius 3 is 2.68 bits per heavy atom. The molecule has 0 radical (unpaired) electrons. The molecule has 6 heteroatoms. The molecule has 2 unspecified atom stereocenters. The third kappa shape index (κ3) is 4.38. The number of benzene rings is 1. The molecule has 0 spiro atoms. The number of hydrazone groups is 1. The molecule has 0 bridgehead atoms. The Kier molecular flexibility index (Phi) is 5.36. The maximum atomic E-state index is 11.9. The van der Waals surface area contributed by atoms with Crippen LogP contribution in [0.5, 0.6) is 0 Å². The van der Waals surface area contributed by atoms with Crippen LogP contribution >= 0.6 is 0 Å². The zero-order valence-corrected chi connectivity index (χ0v) is 14.7. The van der Waals surface area contributed by atoms with Gasteiger partial charge in [0.05, 0.1) is 12.3 Å². The summed E-state index contributed by atoms with van der Waals surface area (Å²) in [6.07, 6.45) is 3.80. The fraction of sp³-hybridized carbons (Fsp3) is 0.526. The summed E-state index contributed by atoms with van der Waals surface area (Å²) in [5.74, 6) is 1.13. The van der Waals surface area contributed by atoms with Crippen LogP contribution in [0.3, 0.4) is 0 Å². The van der Waals surface area contributed by atoms with Gasteiger partial charge in [-0.05, 0) is 29.5 Å². The highest BCUT2D eigenvalue weighted by Crippen LogP contribution is 2.33. The van der Waals surface area contributed by atoms with E-state index in [0.717, 1.165) is 11.3 Å². The number of rotatable bonds is 5. The van der Waals surface area contributed by atoms with Crippen LogP contribution in [0.4, 0.5) is 10.5 Å². The number of nitrogens with zero attached hydrogens (tertiary/aromatic N) is 1. The number of carbonyl (C=O) groups excluding carboxylic acids is 2. The summed E-state index contributed by atoms with van der Waals surface area (Å²) in [4.78, 5) is 23.2. The molecule has 2 amide bonds. The monoisotopic (exact) mass is 343 g/mol. The maximum Gasteiger partial charge on any atom is 0.411 e. The third-order valence-corrected chi connectivity index (χ3v) is 5.12. The second-order valence-corrected chi connectivity index (χ2v) is 7.11. The van der Waals surface area contributed by atoms with E-state index in [1.54, 1.807) is 0 Å². The highest BCUT2D eigenvalue weighted by Gasteiger charge is 2.25. The van der Waals surface area contributed by atoms with Crippen molar-refractivity contribution >= 4 is 23.4 Å². The predicted molar refractivity (Wildman–Crippen MR) is 96.4 cm³/mol. The SMILES string of the molecule is CC1CC(=O)NN=C1c1ccc(NC(=O)OCC(C)C2CCC2)cc1. The van der Waals surface area contributed by atoms with E-state index < -0.39 is 6.09 Å². The average Bonchev–Trinajstić information content (AvgIpc) is 2.52. The van der Waals surface area contributed by atoms with Gasteiger partial charge in [-0.1, -0.05) is 45.2 Å². The van der Waals surface area contributed by atoms with E-state index in [0.29, 0.717) is 30.6 Å². The summed E-state index contributed by atoms with van der Waals surface area (Å²) < 4.78 is 5.32. The number of hydrogen-bond donors (Lipinski definition) is 2. The lowest BCUT2D eigenvalue weighted by Crippen LogP contribution is -2.31. The molecule has 3 rings (SSSR count). The molecule has 0 aromatic heterocycles. The van der Waals surface area contributed by atoms with Crippen molar-refractivity contribution in [2.45, 2.75) is 39.5 Å². The summed E-state index contributed by atoms with van der Waals surface area (Å²) in [5, 5.41) is 6.89. The molecule has 1 aromatic carbocycles. The van der Waals surface area contributed by atoms with E-state index in [1.807, 2.05) is 31.2 Å². The maximum absolute atomic E-state index is 11.9. The molecular weight excluding hydrogens is 318 g/mol. The molecule has 1 aromatic rings. The van der Waals surface area contributed by atoms with Gasteiger partial charge >= 0.3 is 6.09 Å². The number of amides is 2. The molecule has 6 nitrogen and oxygen atoms in total. The van der Waals surface area contributed by atoms with Crippen molar-refractivity contribution in [1.29, 1.82) is 0 Å². The van der Waals surface area contributed by atoms with Crippen LogP contribution in [0.2, 0.25) is 0 Å². The summed E-state index contributed by atoms with van der Waals surface area (Å²) in [6, 6.07) is 7.41. The van der Waals surface area contributed by atoms with Crippen molar-refractivity contribution in [2.24, 2.45) is 22.9 Å². The molecule has 0 saturated heterocycles. The minimum absolute atomic E-state index is 0.0617. The first-order valence-electron chi connectivity index (χ1n) is 8.93. The highest BCUT2D eigenvalue weighted by molar-refractivity contribution is 6.06. The Labute approximate surface area is 148 Å². The Morgan fingerprint density at radius 1 is 1.36 bits per heavy atom. The quantitative estimate of drug-likeness (QED) is 0.858. The van der Waals surface area contributed by atoms with Crippen molar-refractivity contribution < 1.29 is 14.3 Å². The third-order valence-electron chi connectivity index (χ3n) is 5.12. The number of anilines is 1. The number of nitrogens with one attached hydrogen (secondary N) is 2. The van der Waals surface area contributed by atoms with E-state index in [1.165, 1.54) is 19.3 Å². The standard InChI is InChI=1S/C19H25N3O3/c1-12-10-17(23)21-22-18(12)15-6-8-16(9-7-15)20-19(24)25-11-13(2)14-4-3-5-14/h6-9,12-14H,3-5,10-11H2,1-2H3,(H,20,24)(H,21,23). The lowest BCUT2D eigenvalue weighted by molar-refractivity contribution is -0.121. The van der Waals surface area contributed by atoms with Crippen molar-refractivity contribution in [3.8, 4) is 0 Å². The van der Waals surface area contributed by atoms with Gasteiger partial charge in [-0.15, -0.1) is 0 Å². The van der Waals surface area contributed by atoms with Gasteiger partial charge < -0.3 is 4.74 Å². The van der Waals surface area contributed by atoms with Crippen LogP contribution in [0.15, 0.2) is 29.4 Å². The van der Waals surface area contributed by atoms with E-state index >= 15 is 0 Å². The molecule has 25 heavy (non-hydrogen) atoms. The summed E-state index contributed by atoms with van der Waals surface area (Å²) in [5.41, 5.74) is 4.98. The van der Waals surface area contributed by atoms with Crippen molar-refractivity contribution in [3.63, 3.8) is 0 Å². The zero-order chi connectivity index (χ0) is 17.8. The molecule has 2 atom stereocenters. The van der Waals surface area contributed by atoms with Gasteiger partial charge in [0.25, 0.3) is 0 Å². The second kappa shape index (κ2) is 7.68. The van der Waals surface area contributed by atoms with Crippen LogP contribution in [0.1, 0.15) is 45.1 Å². The molecule has 1 fully saturated rings. The molecule has 1 saturated carbocycles. The molecule has 2 N–H and O–H groups in total. The van der Waals surface area contributed by atoms with Gasteiger partial charge in [0.1, 0.15) is 0 Å².